The van der Waals surface area contributed by atoms with Crippen molar-refractivity contribution in [2.24, 2.45) is 0 Å². The minimum atomic E-state index is -0.0689. The number of thiophene rings is 1. The van der Waals surface area contributed by atoms with E-state index in [4.69, 9.17) is 0 Å². The Morgan fingerprint density at radius 2 is 2.14 bits per heavy atom. The lowest BCUT2D eigenvalue weighted by Gasteiger charge is -2.12. The lowest BCUT2D eigenvalue weighted by molar-refractivity contribution is 0.0943. The molecule has 3 rings (SSSR count). The molecule has 0 saturated carbocycles. The normalized spacial score (nSPS) is 15.9. The number of amides is 1. The van der Waals surface area contributed by atoms with Gasteiger partial charge >= 0.3 is 0 Å². The molecule has 0 aliphatic heterocycles. The smallest absolute Gasteiger partial charge is 0.261 e. The van der Waals surface area contributed by atoms with Crippen molar-refractivity contribution in [3.8, 4) is 0 Å². The highest BCUT2D eigenvalue weighted by Crippen LogP contribution is 2.29. The minimum Gasteiger partial charge on any atom is -0.343 e. The third-order valence-corrected chi connectivity index (χ3v) is 5.19. The van der Waals surface area contributed by atoms with Crippen LogP contribution >= 0.6 is 11.3 Å². The summed E-state index contributed by atoms with van der Waals surface area (Å²) in [6.45, 7) is 1.97. The third-order valence-electron chi connectivity index (χ3n) is 3.95. The maximum absolute atomic E-state index is 12.4. The van der Waals surface area contributed by atoms with Crippen LogP contribution in [0, 0.1) is 0 Å². The maximum Gasteiger partial charge on any atom is 0.261 e. The molecule has 1 aliphatic carbocycles. The van der Waals surface area contributed by atoms with E-state index < -0.39 is 0 Å². The van der Waals surface area contributed by atoms with Gasteiger partial charge in [0.15, 0.2) is 0 Å². The van der Waals surface area contributed by atoms with Crippen molar-refractivity contribution in [1.82, 2.24) is 10.3 Å². The first-order valence-electron chi connectivity index (χ1n) is 7.57. The van der Waals surface area contributed by atoms with E-state index in [2.05, 4.69) is 16.4 Å². The van der Waals surface area contributed by atoms with Gasteiger partial charge in [0.2, 0.25) is 0 Å². The number of carbonyl (C=O) groups is 1. The van der Waals surface area contributed by atoms with Crippen molar-refractivity contribution < 1.29 is 4.79 Å². The van der Waals surface area contributed by atoms with Crippen LogP contribution in [0.15, 0.2) is 30.5 Å². The molecule has 0 radical (unpaired) electrons. The predicted molar refractivity (Wildman–Crippen MR) is 85.7 cm³/mol. The van der Waals surface area contributed by atoms with Gasteiger partial charge in [-0.05, 0) is 56.4 Å². The van der Waals surface area contributed by atoms with Crippen LogP contribution in [-0.4, -0.2) is 10.9 Å². The van der Waals surface area contributed by atoms with Crippen molar-refractivity contribution >= 4 is 17.2 Å². The molecule has 0 unspecified atom stereocenters. The number of hydrogen-bond donors (Lipinski definition) is 1. The molecule has 0 saturated heterocycles. The lowest BCUT2D eigenvalue weighted by atomic mass is 10.1. The largest absolute Gasteiger partial charge is 0.343 e. The molecule has 1 amide bonds. The minimum absolute atomic E-state index is 0.0197. The first kappa shape index (κ1) is 14.3. The Labute approximate surface area is 129 Å². The van der Waals surface area contributed by atoms with E-state index in [9.17, 15) is 4.79 Å². The van der Waals surface area contributed by atoms with Gasteiger partial charge in [-0.15, -0.1) is 11.3 Å². The summed E-state index contributed by atoms with van der Waals surface area (Å²) >= 11 is 1.66. The van der Waals surface area contributed by atoms with E-state index >= 15 is 0 Å². The first-order valence-corrected chi connectivity index (χ1v) is 8.39. The molecule has 110 valence electrons. The van der Waals surface area contributed by atoms with E-state index in [1.54, 1.807) is 17.5 Å². The fourth-order valence-corrected chi connectivity index (χ4v) is 3.91. The summed E-state index contributed by atoms with van der Waals surface area (Å²) in [4.78, 5) is 18.9. The summed E-state index contributed by atoms with van der Waals surface area (Å²) in [5.41, 5.74) is 2.28. The maximum atomic E-state index is 12.4. The van der Waals surface area contributed by atoms with E-state index in [1.165, 1.54) is 29.7 Å². The van der Waals surface area contributed by atoms with Crippen molar-refractivity contribution in [3.63, 3.8) is 0 Å². The van der Waals surface area contributed by atoms with Gasteiger partial charge in [-0.3, -0.25) is 9.78 Å². The summed E-state index contributed by atoms with van der Waals surface area (Å²) < 4.78 is 0. The second kappa shape index (κ2) is 6.39. The van der Waals surface area contributed by atoms with Gasteiger partial charge in [0.1, 0.15) is 0 Å². The predicted octanol–water partition coefficient (Wildman–Crippen LogP) is 3.90. The Bertz CT molecular complexity index is 597. The Morgan fingerprint density at radius 1 is 1.29 bits per heavy atom. The number of nitrogens with zero attached hydrogens (tertiary/aromatic N) is 1. The summed E-state index contributed by atoms with van der Waals surface area (Å²) in [7, 11) is 0. The zero-order valence-corrected chi connectivity index (χ0v) is 13.1. The molecule has 21 heavy (non-hydrogen) atoms. The Kier molecular flexibility index (Phi) is 4.34. The van der Waals surface area contributed by atoms with Crippen molar-refractivity contribution in [1.29, 1.82) is 0 Å². The molecule has 0 fully saturated rings. The Morgan fingerprint density at radius 3 is 2.95 bits per heavy atom. The number of fused-ring (bicyclic) bond motifs is 1. The number of aromatic nitrogens is 1. The van der Waals surface area contributed by atoms with Gasteiger partial charge < -0.3 is 5.32 Å². The van der Waals surface area contributed by atoms with E-state index in [1.807, 2.05) is 25.1 Å². The van der Waals surface area contributed by atoms with Crippen LogP contribution in [0.1, 0.15) is 58.0 Å². The topological polar surface area (TPSA) is 42.0 Å². The van der Waals surface area contributed by atoms with E-state index in [-0.39, 0.29) is 11.9 Å². The monoisotopic (exact) mass is 300 g/mol. The molecule has 4 heteroatoms. The van der Waals surface area contributed by atoms with Gasteiger partial charge in [0.05, 0.1) is 16.6 Å². The second-order valence-electron chi connectivity index (χ2n) is 5.57. The van der Waals surface area contributed by atoms with Crippen LogP contribution in [0.4, 0.5) is 0 Å². The van der Waals surface area contributed by atoms with Crippen LogP contribution in [0.2, 0.25) is 0 Å². The van der Waals surface area contributed by atoms with Crippen molar-refractivity contribution in [2.75, 3.05) is 0 Å². The van der Waals surface area contributed by atoms with Gasteiger partial charge in [0.25, 0.3) is 5.91 Å². The Balaban J connectivity index is 1.71. The highest BCUT2D eigenvalue weighted by Gasteiger charge is 2.18. The van der Waals surface area contributed by atoms with Crippen LogP contribution in [0.3, 0.4) is 0 Å². The zero-order chi connectivity index (χ0) is 14.7. The SMILES string of the molecule is C[C@H](NC(=O)c1cc2c(s1)CCCCC2)c1ccccn1. The molecule has 2 aromatic heterocycles. The molecule has 0 bridgehead atoms. The molecule has 1 N–H and O–H groups in total. The number of aryl methyl sites for hydroxylation is 2. The average molecular weight is 300 g/mol. The summed E-state index contributed by atoms with van der Waals surface area (Å²) in [5, 5.41) is 3.05. The molecule has 1 aliphatic rings. The first-order chi connectivity index (χ1) is 10.2. The highest BCUT2D eigenvalue weighted by atomic mass is 32.1. The average Bonchev–Trinajstić information content (AvgIpc) is 2.79. The standard InChI is InChI=1S/C17H20N2OS/c1-12(14-8-5-6-10-18-14)19-17(20)16-11-13-7-3-2-4-9-15(13)21-16/h5-6,8,10-12H,2-4,7,9H2,1H3,(H,19,20)/t12-/m0/s1. The summed E-state index contributed by atoms with van der Waals surface area (Å²) in [6.07, 6.45) is 7.80. The second-order valence-corrected chi connectivity index (χ2v) is 6.71. The summed E-state index contributed by atoms with van der Waals surface area (Å²) in [6, 6.07) is 7.79. The molecule has 0 spiro atoms. The van der Waals surface area contributed by atoms with E-state index in [0.29, 0.717) is 0 Å². The van der Waals surface area contributed by atoms with E-state index in [0.717, 1.165) is 23.4 Å². The number of pyridine rings is 1. The van der Waals surface area contributed by atoms with Gasteiger partial charge in [-0.1, -0.05) is 12.5 Å². The fraction of sp³-hybridized carbons (Fsp3) is 0.412. The molecular formula is C17H20N2OS. The Hall–Kier alpha value is -1.68. The van der Waals surface area contributed by atoms with Crippen LogP contribution in [0.5, 0.6) is 0 Å². The van der Waals surface area contributed by atoms with Crippen molar-refractivity contribution in [2.45, 2.75) is 45.1 Å². The lowest BCUT2D eigenvalue weighted by Crippen LogP contribution is -2.26. The quantitative estimate of drug-likeness (QED) is 0.873. The summed E-state index contributed by atoms with van der Waals surface area (Å²) in [5.74, 6) is 0.0197. The molecule has 1 atom stereocenters. The molecule has 3 nitrogen and oxygen atoms in total. The van der Waals surface area contributed by atoms with Crippen molar-refractivity contribution in [3.05, 3.63) is 51.5 Å². The molecule has 0 aromatic carbocycles. The van der Waals surface area contributed by atoms with Crippen LogP contribution in [0.25, 0.3) is 0 Å². The third kappa shape index (κ3) is 3.32. The van der Waals surface area contributed by atoms with Gasteiger partial charge in [-0.25, -0.2) is 0 Å². The van der Waals surface area contributed by atoms with Crippen LogP contribution in [-0.2, 0) is 12.8 Å². The fourth-order valence-electron chi connectivity index (χ4n) is 2.75. The molecule has 2 aromatic rings. The number of hydrogen-bond acceptors (Lipinski definition) is 3. The van der Waals surface area contributed by atoms with Gasteiger partial charge in [-0.2, -0.15) is 0 Å². The number of nitrogens with one attached hydrogen (secondary N) is 1. The highest BCUT2D eigenvalue weighted by molar-refractivity contribution is 7.14. The molecular weight excluding hydrogens is 280 g/mol. The van der Waals surface area contributed by atoms with Gasteiger partial charge in [0, 0.05) is 11.1 Å². The number of rotatable bonds is 3. The van der Waals surface area contributed by atoms with Crippen LogP contribution < -0.4 is 5.32 Å². The molecule has 2 heterocycles. The number of carbonyl (C=O) groups excluding carboxylic acids is 1. The zero-order valence-electron chi connectivity index (χ0n) is 12.3.